The van der Waals surface area contributed by atoms with Gasteiger partial charge in [-0.1, -0.05) is 18.2 Å². The zero-order valence-corrected chi connectivity index (χ0v) is 10.9. The van der Waals surface area contributed by atoms with E-state index in [9.17, 15) is 22.8 Å². The van der Waals surface area contributed by atoms with Gasteiger partial charge in [0.15, 0.2) is 5.92 Å². The van der Waals surface area contributed by atoms with E-state index < -0.39 is 29.6 Å². The third kappa shape index (κ3) is 3.97. The van der Waals surface area contributed by atoms with Crippen LogP contribution in [0.25, 0.3) is 0 Å². The fraction of sp³-hybridized carbons (Fsp3) is 0.385. The molecule has 0 unspecified atom stereocenters. The van der Waals surface area contributed by atoms with E-state index in [4.69, 9.17) is 0 Å². The second-order valence-electron chi connectivity index (χ2n) is 4.00. The summed E-state index contributed by atoms with van der Waals surface area (Å²) in [6, 6.07) is 4.41. The summed E-state index contributed by atoms with van der Waals surface area (Å²) in [6.45, 7) is 0. The number of ether oxygens (including phenoxy) is 2. The molecule has 1 aromatic carbocycles. The summed E-state index contributed by atoms with van der Waals surface area (Å²) < 4.78 is 46.6. The van der Waals surface area contributed by atoms with Crippen LogP contribution in [0.5, 0.6) is 0 Å². The number of carbonyl (C=O) groups is 2. The predicted octanol–water partition coefficient (Wildman–Crippen LogP) is 2.21. The SMILES string of the molecule is COC(=O)C(Cc1cccc(C(F)(F)F)c1)C(=O)OC. The molecule has 7 heteroatoms. The molecule has 0 bridgehead atoms. The molecule has 110 valence electrons. The van der Waals surface area contributed by atoms with E-state index in [1.165, 1.54) is 12.1 Å². The molecule has 0 N–H and O–H groups in total. The number of alkyl halides is 3. The number of rotatable bonds is 4. The van der Waals surface area contributed by atoms with E-state index in [0.717, 1.165) is 26.4 Å². The Bertz CT molecular complexity index is 481. The minimum Gasteiger partial charge on any atom is -0.468 e. The lowest BCUT2D eigenvalue weighted by Gasteiger charge is -2.13. The van der Waals surface area contributed by atoms with Gasteiger partial charge in [0.25, 0.3) is 0 Å². The average molecular weight is 290 g/mol. The van der Waals surface area contributed by atoms with Crippen molar-refractivity contribution in [3.8, 4) is 0 Å². The van der Waals surface area contributed by atoms with Crippen molar-refractivity contribution in [3.05, 3.63) is 35.4 Å². The van der Waals surface area contributed by atoms with Gasteiger partial charge in [-0.3, -0.25) is 9.59 Å². The van der Waals surface area contributed by atoms with Crippen LogP contribution in [0.4, 0.5) is 13.2 Å². The smallest absolute Gasteiger partial charge is 0.416 e. The van der Waals surface area contributed by atoms with Gasteiger partial charge in [-0.2, -0.15) is 13.2 Å². The van der Waals surface area contributed by atoms with E-state index in [0.29, 0.717) is 0 Å². The van der Waals surface area contributed by atoms with Crippen molar-refractivity contribution in [1.82, 2.24) is 0 Å². The molecule has 0 aliphatic rings. The van der Waals surface area contributed by atoms with Gasteiger partial charge in [-0.05, 0) is 18.1 Å². The molecule has 0 saturated heterocycles. The average Bonchev–Trinajstić information content (AvgIpc) is 2.42. The van der Waals surface area contributed by atoms with Crippen molar-refractivity contribution >= 4 is 11.9 Å². The normalized spacial score (nSPS) is 11.3. The largest absolute Gasteiger partial charge is 0.468 e. The zero-order chi connectivity index (χ0) is 15.3. The molecule has 20 heavy (non-hydrogen) atoms. The Balaban J connectivity index is 3.00. The maximum atomic E-state index is 12.6. The molecule has 0 spiro atoms. The van der Waals surface area contributed by atoms with E-state index in [1.807, 2.05) is 0 Å². The lowest BCUT2D eigenvalue weighted by atomic mass is 9.98. The van der Waals surface area contributed by atoms with Crippen molar-refractivity contribution < 1.29 is 32.2 Å². The van der Waals surface area contributed by atoms with Crippen LogP contribution in [0.15, 0.2) is 24.3 Å². The molecule has 0 atom stereocenters. The van der Waals surface area contributed by atoms with E-state index in [-0.39, 0.29) is 12.0 Å². The molecule has 0 heterocycles. The first-order valence-electron chi connectivity index (χ1n) is 5.61. The van der Waals surface area contributed by atoms with Crippen LogP contribution < -0.4 is 0 Å². The molecule has 0 fully saturated rings. The predicted molar refractivity (Wildman–Crippen MR) is 62.7 cm³/mol. The summed E-state index contributed by atoms with van der Waals surface area (Å²) in [6.07, 6.45) is -4.70. The molecule has 1 aromatic rings. The lowest BCUT2D eigenvalue weighted by Crippen LogP contribution is -2.28. The standard InChI is InChI=1S/C13H13F3O4/c1-19-11(17)10(12(18)20-2)7-8-4-3-5-9(6-8)13(14,15)16/h3-6,10H,7H2,1-2H3. The molecule has 0 radical (unpaired) electrons. The lowest BCUT2D eigenvalue weighted by molar-refractivity contribution is -0.158. The molecule has 1 rings (SSSR count). The maximum Gasteiger partial charge on any atom is 0.416 e. The Morgan fingerprint density at radius 2 is 1.70 bits per heavy atom. The molecule has 0 aliphatic heterocycles. The molecular weight excluding hydrogens is 277 g/mol. The van der Waals surface area contributed by atoms with Crippen LogP contribution in [0.1, 0.15) is 11.1 Å². The Kier molecular flexibility index (Phi) is 5.12. The second kappa shape index (κ2) is 6.40. The zero-order valence-electron chi connectivity index (χ0n) is 10.9. The summed E-state index contributed by atoms with van der Waals surface area (Å²) in [5.74, 6) is -2.99. The number of halogens is 3. The van der Waals surface area contributed by atoms with E-state index >= 15 is 0 Å². The third-order valence-electron chi connectivity index (χ3n) is 2.67. The van der Waals surface area contributed by atoms with Crippen molar-refractivity contribution in [3.63, 3.8) is 0 Å². The minimum absolute atomic E-state index is 0.195. The highest BCUT2D eigenvalue weighted by molar-refractivity contribution is 5.95. The van der Waals surface area contributed by atoms with Crippen LogP contribution in [-0.2, 0) is 31.7 Å². The van der Waals surface area contributed by atoms with Gasteiger partial charge in [-0.15, -0.1) is 0 Å². The molecule has 0 amide bonds. The van der Waals surface area contributed by atoms with Gasteiger partial charge in [0, 0.05) is 0 Å². The molecular formula is C13H13F3O4. The van der Waals surface area contributed by atoms with Crippen molar-refractivity contribution in [2.24, 2.45) is 5.92 Å². The van der Waals surface area contributed by atoms with E-state index in [2.05, 4.69) is 9.47 Å². The summed E-state index contributed by atoms with van der Waals surface area (Å²) >= 11 is 0. The third-order valence-corrected chi connectivity index (χ3v) is 2.67. The number of methoxy groups -OCH3 is 2. The molecule has 0 aromatic heterocycles. The summed E-state index contributed by atoms with van der Waals surface area (Å²) in [4.78, 5) is 22.9. The highest BCUT2D eigenvalue weighted by atomic mass is 19.4. The van der Waals surface area contributed by atoms with E-state index in [1.54, 1.807) is 0 Å². The first-order chi connectivity index (χ1) is 9.29. The quantitative estimate of drug-likeness (QED) is 0.630. The van der Waals surface area contributed by atoms with Crippen molar-refractivity contribution in [2.45, 2.75) is 12.6 Å². The summed E-state index contributed by atoms with van der Waals surface area (Å²) in [5.41, 5.74) is -0.649. The highest BCUT2D eigenvalue weighted by Gasteiger charge is 2.32. The van der Waals surface area contributed by atoms with Gasteiger partial charge in [0.05, 0.1) is 19.8 Å². The molecule has 4 nitrogen and oxygen atoms in total. The van der Waals surface area contributed by atoms with Gasteiger partial charge in [-0.25, -0.2) is 0 Å². The maximum absolute atomic E-state index is 12.6. The monoisotopic (exact) mass is 290 g/mol. The van der Waals surface area contributed by atoms with Gasteiger partial charge < -0.3 is 9.47 Å². The first kappa shape index (κ1) is 16.0. The van der Waals surface area contributed by atoms with Crippen LogP contribution in [-0.4, -0.2) is 26.2 Å². The topological polar surface area (TPSA) is 52.6 Å². The van der Waals surface area contributed by atoms with Crippen molar-refractivity contribution in [1.29, 1.82) is 0 Å². The van der Waals surface area contributed by atoms with Crippen LogP contribution in [0.2, 0.25) is 0 Å². The summed E-state index contributed by atoms with van der Waals surface area (Å²) in [7, 11) is 2.18. The van der Waals surface area contributed by atoms with Gasteiger partial charge in [0.1, 0.15) is 0 Å². The Morgan fingerprint density at radius 1 is 1.15 bits per heavy atom. The van der Waals surface area contributed by atoms with Crippen LogP contribution in [0.3, 0.4) is 0 Å². The number of hydrogen-bond acceptors (Lipinski definition) is 4. The fourth-order valence-corrected chi connectivity index (χ4v) is 1.66. The second-order valence-corrected chi connectivity index (χ2v) is 4.00. The highest BCUT2D eigenvalue weighted by Crippen LogP contribution is 2.30. The fourth-order valence-electron chi connectivity index (χ4n) is 1.66. The number of esters is 2. The summed E-state index contributed by atoms with van der Waals surface area (Å²) in [5, 5.41) is 0. The van der Waals surface area contributed by atoms with Gasteiger partial charge in [0.2, 0.25) is 0 Å². The minimum atomic E-state index is -4.48. The van der Waals surface area contributed by atoms with Crippen molar-refractivity contribution in [2.75, 3.05) is 14.2 Å². The Hall–Kier alpha value is -2.05. The van der Waals surface area contributed by atoms with Gasteiger partial charge >= 0.3 is 18.1 Å². The molecule has 0 aliphatic carbocycles. The Morgan fingerprint density at radius 3 is 2.15 bits per heavy atom. The van der Waals surface area contributed by atoms with Crippen LogP contribution >= 0.6 is 0 Å². The first-order valence-corrected chi connectivity index (χ1v) is 5.61. The number of carbonyl (C=O) groups excluding carboxylic acids is 2. The number of benzene rings is 1. The number of hydrogen-bond donors (Lipinski definition) is 0. The molecule has 0 saturated carbocycles. The van der Waals surface area contributed by atoms with Crippen LogP contribution in [0, 0.1) is 5.92 Å². The Labute approximate surface area is 113 Å².